The van der Waals surface area contributed by atoms with Gasteiger partial charge in [-0.3, -0.25) is 14.0 Å². The van der Waals surface area contributed by atoms with Gasteiger partial charge in [-0.15, -0.1) is 10.2 Å². The smallest absolute Gasteiger partial charge is 0.267 e. The number of nitrogens with zero attached hydrogens (tertiary/aromatic N) is 5. The summed E-state index contributed by atoms with van der Waals surface area (Å²) in [7, 11) is 0. The Bertz CT molecular complexity index is 1270. The van der Waals surface area contributed by atoms with E-state index in [1.54, 1.807) is 15.5 Å². The number of benzene rings is 2. The Kier molecular flexibility index (Phi) is 5.59. The minimum absolute atomic E-state index is 0.0536. The van der Waals surface area contributed by atoms with Gasteiger partial charge in [-0.2, -0.15) is 0 Å². The summed E-state index contributed by atoms with van der Waals surface area (Å²) in [4.78, 5) is 27.5. The van der Waals surface area contributed by atoms with Crippen LogP contribution in [-0.2, 0) is 4.79 Å². The third-order valence-electron chi connectivity index (χ3n) is 5.13. The summed E-state index contributed by atoms with van der Waals surface area (Å²) in [5, 5.41) is 9.80. The highest BCUT2D eigenvalue weighted by Gasteiger charge is 2.19. The second kappa shape index (κ2) is 8.31. The van der Waals surface area contributed by atoms with Crippen LogP contribution in [0.25, 0.3) is 22.4 Å². The lowest BCUT2D eigenvalue weighted by atomic mass is 10.2. The Morgan fingerprint density at radius 1 is 1.03 bits per heavy atom. The summed E-state index contributed by atoms with van der Waals surface area (Å²) in [6, 6.07) is 15.1. The molecule has 2 aromatic carbocycles. The molecular formula is C22H23N5O2S. The van der Waals surface area contributed by atoms with E-state index in [0.29, 0.717) is 29.4 Å². The maximum Gasteiger partial charge on any atom is 0.267 e. The molecule has 0 N–H and O–H groups in total. The van der Waals surface area contributed by atoms with Crippen LogP contribution < -0.4 is 5.56 Å². The molecule has 8 heteroatoms. The van der Waals surface area contributed by atoms with Crippen LogP contribution in [-0.4, -0.2) is 48.8 Å². The molecule has 0 aliphatic carbocycles. The van der Waals surface area contributed by atoms with Gasteiger partial charge < -0.3 is 4.90 Å². The fourth-order valence-electron chi connectivity index (χ4n) is 3.49. The van der Waals surface area contributed by atoms with Gasteiger partial charge in [-0.1, -0.05) is 41.6 Å². The Morgan fingerprint density at radius 2 is 1.73 bits per heavy atom. The summed E-state index contributed by atoms with van der Waals surface area (Å²) in [5.41, 5.74) is 2.41. The monoisotopic (exact) mass is 421 g/mol. The van der Waals surface area contributed by atoms with Gasteiger partial charge in [0.05, 0.1) is 22.3 Å². The Hall–Kier alpha value is -3.13. The van der Waals surface area contributed by atoms with Gasteiger partial charge in [-0.05, 0) is 45.0 Å². The maximum absolute atomic E-state index is 13.3. The van der Waals surface area contributed by atoms with Crippen LogP contribution in [0.3, 0.4) is 0 Å². The van der Waals surface area contributed by atoms with Gasteiger partial charge in [0.25, 0.3) is 5.56 Å². The zero-order chi connectivity index (χ0) is 21.3. The van der Waals surface area contributed by atoms with Gasteiger partial charge in [-0.25, -0.2) is 4.57 Å². The molecule has 7 nitrogen and oxygen atoms in total. The molecule has 0 radical (unpaired) electrons. The lowest BCUT2D eigenvalue weighted by Crippen LogP contribution is -2.31. The van der Waals surface area contributed by atoms with E-state index in [1.165, 1.54) is 11.8 Å². The van der Waals surface area contributed by atoms with E-state index < -0.39 is 0 Å². The van der Waals surface area contributed by atoms with Crippen molar-refractivity contribution in [3.05, 3.63) is 64.4 Å². The summed E-state index contributed by atoms with van der Waals surface area (Å²) < 4.78 is 3.43. The van der Waals surface area contributed by atoms with Crippen LogP contribution in [0.5, 0.6) is 0 Å². The fourth-order valence-corrected chi connectivity index (χ4v) is 4.34. The lowest BCUT2D eigenvalue weighted by molar-refractivity contribution is -0.127. The molecule has 0 fully saturated rings. The first kappa shape index (κ1) is 20.2. The molecular weight excluding hydrogens is 398 g/mol. The van der Waals surface area contributed by atoms with Crippen molar-refractivity contribution in [1.29, 1.82) is 0 Å². The number of hydrogen-bond acceptors (Lipinski definition) is 5. The van der Waals surface area contributed by atoms with Crippen molar-refractivity contribution in [2.45, 2.75) is 25.9 Å². The third-order valence-corrected chi connectivity index (χ3v) is 6.04. The third kappa shape index (κ3) is 3.47. The summed E-state index contributed by atoms with van der Waals surface area (Å²) in [5.74, 6) is 0.749. The highest BCUT2D eigenvalue weighted by atomic mass is 32.2. The van der Waals surface area contributed by atoms with Gasteiger partial charge in [0.2, 0.25) is 11.7 Å². The molecule has 154 valence electrons. The quantitative estimate of drug-likeness (QED) is 0.447. The first-order valence-electron chi connectivity index (χ1n) is 9.91. The maximum atomic E-state index is 13.3. The van der Waals surface area contributed by atoms with E-state index in [-0.39, 0.29) is 17.2 Å². The molecule has 0 aliphatic heterocycles. The molecule has 1 amide bonds. The average Bonchev–Trinajstić information content (AvgIpc) is 3.18. The van der Waals surface area contributed by atoms with E-state index in [2.05, 4.69) is 10.2 Å². The van der Waals surface area contributed by atoms with Gasteiger partial charge in [0, 0.05) is 13.1 Å². The molecule has 0 saturated carbocycles. The van der Waals surface area contributed by atoms with Crippen LogP contribution in [0.15, 0.2) is 58.5 Å². The van der Waals surface area contributed by atoms with Gasteiger partial charge >= 0.3 is 0 Å². The molecule has 30 heavy (non-hydrogen) atoms. The van der Waals surface area contributed by atoms with Gasteiger partial charge in [0.15, 0.2) is 5.16 Å². The first-order chi connectivity index (χ1) is 14.5. The van der Waals surface area contributed by atoms with Crippen molar-refractivity contribution >= 4 is 34.3 Å². The largest absolute Gasteiger partial charge is 0.343 e. The minimum Gasteiger partial charge on any atom is -0.343 e. The zero-order valence-electron chi connectivity index (χ0n) is 17.2. The van der Waals surface area contributed by atoms with Crippen LogP contribution in [0, 0.1) is 6.92 Å². The number of aromatic nitrogens is 4. The molecule has 0 aliphatic rings. The number of carbonyl (C=O) groups is 1. The summed E-state index contributed by atoms with van der Waals surface area (Å²) >= 11 is 1.33. The van der Waals surface area contributed by atoms with Crippen LogP contribution in [0.2, 0.25) is 0 Å². The predicted octanol–water partition coefficient (Wildman–Crippen LogP) is 3.30. The number of para-hydroxylation sites is 1. The highest BCUT2D eigenvalue weighted by molar-refractivity contribution is 7.99. The van der Waals surface area contributed by atoms with Gasteiger partial charge in [0.1, 0.15) is 0 Å². The topological polar surface area (TPSA) is 72.5 Å². The highest BCUT2D eigenvalue weighted by Crippen LogP contribution is 2.23. The van der Waals surface area contributed by atoms with Crippen molar-refractivity contribution in [3.8, 4) is 5.69 Å². The average molecular weight is 422 g/mol. The minimum atomic E-state index is -0.148. The second-order valence-electron chi connectivity index (χ2n) is 6.97. The summed E-state index contributed by atoms with van der Waals surface area (Å²) in [6.45, 7) is 7.28. The first-order valence-corrected chi connectivity index (χ1v) is 10.9. The number of aryl methyl sites for hydroxylation is 1. The zero-order valence-corrected chi connectivity index (χ0v) is 18.0. The van der Waals surface area contributed by atoms with Crippen molar-refractivity contribution in [2.24, 2.45) is 0 Å². The van der Waals surface area contributed by atoms with E-state index in [9.17, 15) is 9.59 Å². The van der Waals surface area contributed by atoms with E-state index in [0.717, 1.165) is 16.8 Å². The van der Waals surface area contributed by atoms with Crippen molar-refractivity contribution in [1.82, 2.24) is 24.1 Å². The molecule has 2 heterocycles. The Labute approximate surface area is 178 Å². The number of rotatable bonds is 6. The summed E-state index contributed by atoms with van der Waals surface area (Å²) in [6.07, 6.45) is 0. The van der Waals surface area contributed by atoms with E-state index in [4.69, 9.17) is 0 Å². The molecule has 4 aromatic rings. The molecule has 2 aromatic heterocycles. The lowest BCUT2D eigenvalue weighted by Gasteiger charge is -2.18. The van der Waals surface area contributed by atoms with Crippen molar-refractivity contribution in [2.75, 3.05) is 18.8 Å². The molecule has 0 saturated heterocycles. The van der Waals surface area contributed by atoms with Crippen molar-refractivity contribution < 1.29 is 4.79 Å². The van der Waals surface area contributed by atoms with E-state index in [1.807, 2.05) is 67.6 Å². The second-order valence-corrected chi connectivity index (χ2v) is 7.91. The number of fused-ring (bicyclic) bond motifs is 3. The number of amides is 1. The van der Waals surface area contributed by atoms with E-state index >= 15 is 0 Å². The molecule has 4 rings (SSSR count). The number of carbonyl (C=O) groups excluding carboxylic acids is 1. The number of thioether (sulfide) groups is 1. The van der Waals surface area contributed by atoms with Crippen LogP contribution in [0.4, 0.5) is 0 Å². The predicted molar refractivity (Wildman–Crippen MR) is 119 cm³/mol. The van der Waals surface area contributed by atoms with Crippen LogP contribution >= 0.6 is 11.8 Å². The van der Waals surface area contributed by atoms with Crippen LogP contribution in [0.1, 0.15) is 19.4 Å². The number of hydrogen-bond donors (Lipinski definition) is 0. The standard InChI is InChI=1S/C22H23N5O2S/c1-4-25(5-2)19(28)14-30-22-24-23-21-26(16-12-10-15(3)11-13-16)20(29)17-8-6-7-9-18(17)27(21)22/h6-13H,4-5,14H2,1-3H3. The fraction of sp³-hybridized carbons (Fsp3) is 0.273. The Morgan fingerprint density at radius 3 is 2.43 bits per heavy atom. The molecule has 0 spiro atoms. The van der Waals surface area contributed by atoms with Crippen molar-refractivity contribution in [3.63, 3.8) is 0 Å². The molecule has 0 bridgehead atoms. The Balaban J connectivity index is 1.88. The normalized spacial score (nSPS) is 11.3. The molecule has 0 unspecified atom stereocenters. The SMILES string of the molecule is CCN(CC)C(=O)CSc1nnc2n(-c3ccc(C)cc3)c(=O)c3ccccc3n12. The molecule has 0 atom stereocenters.